The zero-order valence-corrected chi connectivity index (χ0v) is 16.1. The van der Waals surface area contributed by atoms with Gasteiger partial charge in [0.1, 0.15) is 5.75 Å². The molecule has 1 aromatic carbocycles. The first-order valence-electron chi connectivity index (χ1n) is 9.60. The molecule has 0 radical (unpaired) electrons. The van der Waals surface area contributed by atoms with Crippen molar-refractivity contribution in [3.63, 3.8) is 0 Å². The summed E-state index contributed by atoms with van der Waals surface area (Å²) in [6.07, 6.45) is 2.20. The van der Waals surface area contributed by atoms with Gasteiger partial charge in [-0.25, -0.2) is 4.68 Å². The Morgan fingerprint density at radius 3 is 2.42 bits per heavy atom. The molecule has 1 atom stereocenters. The van der Waals surface area contributed by atoms with Gasteiger partial charge in [0.15, 0.2) is 5.82 Å². The standard InChI is InChI=1S/C19H30N6O/c1-4-6-18(24-13-11-23(5-2)12-14-24)19-20-21-22-25(19)15-16-7-9-17(26-3)10-8-16/h7-10,18H,4-6,11-15H2,1-3H3/t18-/m0/s1. The van der Waals surface area contributed by atoms with Crippen molar-refractivity contribution in [2.24, 2.45) is 0 Å². The SMILES string of the molecule is CCC[C@@H](c1nnnn1Cc1ccc(OC)cc1)N1CCN(CC)CC1. The Morgan fingerprint density at radius 1 is 1.08 bits per heavy atom. The van der Waals surface area contributed by atoms with Gasteiger partial charge in [0.2, 0.25) is 0 Å². The fourth-order valence-corrected chi connectivity index (χ4v) is 3.61. The van der Waals surface area contributed by atoms with Gasteiger partial charge >= 0.3 is 0 Å². The van der Waals surface area contributed by atoms with Gasteiger partial charge in [-0.15, -0.1) is 5.10 Å². The monoisotopic (exact) mass is 358 g/mol. The van der Waals surface area contributed by atoms with Crippen molar-refractivity contribution in [3.05, 3.63) is 35.7 Å². The van der Waals surface area contributed by atoms with Crippen molar-refractivity contribution in [1.82, 2.24) is 30.0 Å². The molecule has 1 fully saturated rings. The third-order valence-electron chi connectivity index (χ3n) is 5.21. The molecule has 26 heavy (non-hydrogen) atoms. The summed E-state index contributed by atoms with van der Waals surface area (Å²) in [5.74, 6) is 1.84. The molecule has 3 rings (SSSR count). The van der Waals surface area contributed by atoms with Gasteiger partial charge in [-0.05, 0) is 41.1 Å². The van der Waals surface area contributed by atoms with E-state index in [0.717, 1.165) is 57.1 Å². The third-order valence-corrected chi connectivity index (χ3v) is 5.21. The topological polar surface area (TPSA) is 59.3 Å². The quantitative estimate of drug-likeness (QED) is 0.721. The second-order valence-electron chi connectivity index (χ2n) is 6.82. The van der Waals surface area contributed by atoms with Gasteiger partial charge in [0.25, 0.3) is 0 Å². The van der Waals surface area contributed by atoms with Crippen molar-refractivity contribution in [1.29, 1.82) is 0 Å². The largest absolute Gasteiger partial charge is 0.497 e. The summed E-state index contributed by atoms with van der Waals surface area (Å²) in [6, 6.07) is 8.38. The smallest absolute Gasteiger partial charge is 0.168 e. The summed E-state index contributed by atoms with van der Waals surface area (Å²) in [7, 11) is 1.68. The van der Waals surface area contributed by atoms with Crippen molar-refractivity contribution >= 4 is 0 Å². The van der Waals surface area contributed by atoms with Crippen LogP contribution in [0.1, 0.15) is 44.1 Å². The molecule has 0 spiro atoms. The van der Waals surface area contributed by atoms with E-state index in [4.69, 9.17) is 4.74 Å². The molecule has 1 aliphatic heterocycles. The number of rotatable bonds is 8. The maximum atomic E-state index is 5.24. The Balaban J connectivity index is 1.74. The van der Waals surface area contributed by atoms with Crippen LogP contribution in [0.5, 0.6) is 5.75 Å². The fraction of sp³-hybridized carbons (Fsp3) is 0.632. The van der Waals surface area contributed by atoms with E-state index < -0.39 is 0 Å². The second kappa shape index (κ2) is 9.09. The highest BCUT2D eigenvalue weighted by molar-refractivity contribution is 5.27. The van der Waals surface area contributed by atoms with Crippen LogP contribution in [-0.4, -0.2) is 69.8 Å². The maximum absolute atomic E-state index is 5.24. The molecule has 7 nitrogen and oxygen atoms in total. The van der Waals surface area contributed by atoms with E-state index >= 15 is 0 Å². The van der Waals surface area contributed by atoms with Gasteiger partial charge in [-0.3, -0.25) is 4.90 Å². The first-order chi connectivity index (χ1) is 12.7. The van der Waals surface area contributed by atoms with Crippen LogP contribution in [0.25, 0.3) is 0 Å². The number of aromatic nitrogens is 4. The van der Waals surface area contributed by atoms with Gasteiger partial charge in [0, 0.05) is 26.2 Å². The summed E-state index contributed by atoms with van der Waals surface area (Å²) >= 11 is 0. The number of hydrogen-bond acceptors (Lipinski definition) is 6. The Kier molecular flexibility index (Phi) is 6.57. The third kappa shape index (κ3) is 4.40. The Morgan fingerprint density at radius 2 is 1.81 bits per heavy atom. The average Bonchev–Trinajstić information content (AvgIpc) is 3.14. The predicted molar refractivity (Wildman–Crippen MR) is 101 cm³/mol. The van der Waals surface area contributed by atoms with Crippen LogP contribution < -0.4 is 4.74 Å². The number of tetrazole rings is 1. The highest BCUT2D eigenvalue weighted by Gasteiger charge is 2.28. The number of piperazine rings is 1. The van der Waals surface area contributed by atoms with Crippen molar-refractivity contribution < 1.29 is 4.74 Å². The van der Waals surface area contributed by atoms with Gasteiger partial charge in [-0.1, -0.05) is 32.4 Å². The highest BCUT2D eigenvalue weighted by Crippen LogP contribution is 2.25. The van der Waals surface area contributed by atoms with E-state index in [-0.39, 0.29) is 6.04 Å². The van der Waals surface area contributed by atoms with Crippen molar-refractivity contribution in [2.45, 2.75) is 39.3 Å². The van der Waals surface area contributed by atoms with Gasteiger partial charge in [-0.2, -0.15) is 0 Å². The molecule has 0 aliphatic carbocycles. The molecule has 142 valence electrons. The van der Waals surface area contributed by atoms with Crippen LogP contribution in [0.2, 0.25) is 0 Å². The average molecular weight is 358 g/mol. The summed E-state index contributed by atoms with van der Waals surface area (Å²) < 4.78 is 7.19. The van der Waals surface area contributed by atoms with E-state index in [2.05, 4.69) is 51.3 Å². The lowest BCUT2D eigenvalue weighted by Gasteiger charge is -2.38. The van der Waals surface area contributed by atoms with Crippen LogP contribution >= 0.6 is 0 Å². The van der Waals surface area contributed by atoms with Crippen molar-refractivity contribution in [2.75, 3.05) is 39.8 Å². The normalized spacial score (nSPS) is 17.3. The van der Waals surface area contributed by atoms with Crippen LogP contribution in [-0.2, 0) is 6.54 Å². The van der Waals surface area contributed by atoms with Crippen LogP contribution in [0, 0.1) is 0 Å². The van der Waals surface area contributed by atoms with E-state index in [1.165, 1.54) is 5.56 Å². The lowest BCUT2D eigenvalue weighted by Crippen LogP contribution is -2.47. The van der Waals surface area contributed by atoms with Gasteiger partial charge < -0.3 is 9.64 Å². The van der Waals surface area contributed by atoms with E-state index in [0.29, 0.717) is 6.54 Å². The second-order valence-corrected chi connectivity index (χ2v) is 6.82. The van der Waals surface area contributed by atoms with Crippen LogP contribution in [0.4, 0.5) is 0 Å². The Labute approximate surface area is 155 Å². The van der Waals surface area contributed by atoms with Crippen molar-refractivity contribution in [3.8, 4) is 5.75 Å². The summed E-state index contributed by atoms with van der Waals surface area (Å²) in [5.41, 5.74) is 1.17. The molecule has 2 heterocycles. The van der Waals surface area contributed by atoms with Gasteiger partial charge in [0.05, 0.1) is 19.7 Å². The summed E-state index contributed by atoms with van der Waals surface area (Å²) in [4.78, 5) is 5.05. The lowest BCUT2D eigenvalue weighted by molar-refractivity contribution is 0.0889. The molecule has 1 saturated heterocycles. The number of methoxy groups -OCH3 is 1. The predicted octanol–water partition coefficient (Wildman–Crippen LogP) is 2.21. The molecule has 0 N–H and O–H groups in total. The molecule has 0 unspecified atom stereocenters. The van der Waals surface area contributed by atoms with E-state index in [1.54, 1.807) is 7.11 Å². The molecule has 1 aliphatic rings. The molecule has 0 saturated carbocycles. The lowest BCUT2D eigenvalue weighted by atomic mass is 10.1. The molecule has 1 aromatic heterocycles. The fourth-order valence-electron chi connectivity index (χ4n) is 3.61. The number of benzene rings is 1. The van der Waals surface area contributed by atoms with E-state index in [9.17, 15) is 0 Å². The Hall–Kier alpha value is -1.99. The minimum atomic E-state index is 0.284. The van der Waals surface area contributed by atoms with Crippen LogP contribution in [0.15, 0.2) is 24.3 Å². The minimum Gasteiger partial charge on any atom is -0.497 e. The molecule has 7 heteroatoms. The molecular weight excluding hydrogens is 328 g/mol. The first-order valence-corrected chi connectivity index (χ1v) is 9.60. The number of ether oxygens (including phenoxy) is 1. The summed E-state index contributed by atoms with van der Waals surface area (Å²) in [5, 5.41) is 12.7. The number of nitrogens with zero attached hydrogens (tertiary/aromatic N) is 6. The first kappa shape index (κ1) is 18.8. The molecular formula is C19H30N6O. The maximum Gasteiger partial charge on any atom is 0.168 e. The highest BCUT2D eigenvalue weighted by atomic mass is 16.5. The number of likely N-dealkylation sites (N-methyl/N-ethyl adjacent to an activating group) is 1. The zero-order chi connectivity index (χ0) is 18.4. The summed E-state index contributed by atoms with van der Waals surface area (Å²) in [6.45, 7) is 10.7. The molecule has 2 aromatic rings. The molecule has 0 bridgehead atoms. The Bertz CT molecular complexity index is 663. The van der Waals surface area contributed by atoms with E-state index in [1.807, 2.05) is 16.8 Å². The minimum absolute atomic E-state index is 0.284. The number of hydrogen-bond donors (Lipinski definition) is 0. The molecule has 0 amide bonds. The zero-order valence-electron chi connectivity index (χ0n) is 16.1. The van der Waals surface area contributed by atoms with Crippen LogP contribution in [0.3, 0.4) is 0 Å².